The Morgan fingerprint density at radius 1 is 0.800 bits per heavy atom. The summed E-state index contributed by atoms with van der Waals surface area (Å²) in [5.74, 6) is 0. The van der Waals surface area contributed by atoms with Gasteiger partial charge in [-0.2, -0.15) is 21.0 Å². The molecular formula is C21H12N4. The van der Waals surface area contributed by atoms with Crippen molar-refractivity contribution in [1.29, 1.82) is 21.0 Å². The zero-order valence-electron chi connectivity index (χ0n) is 13.8. The highest BCUT2D eigenvalue weighted by Crippen LogP contribution is 2.45. The lowest BCUT2D eigenvalue weighted by molar-refractivity contribution is 1.17. The van der Waals surface area contributed by atoms with Crippen LogP contribution in [0.15, 0.2) is 34.4 Å². The summed E-state index contributed by atoms with van der Waals surface area (Å²) in [4.78, 5) is 0. The fourth-order valence-corrected chi connectivity index (χ4v) is 3.44. The van der Waals surface area contributed by atoms with Gasteiger partial charge >= 0.3 is 0 Å². The standard InChI is InChI=1S/C21H12N4/c1-3-13-5-15-7-18-14(4-12(2)20(18)16(8-22)9-23)6-19(15)21(13)17(10-24)11-25/h4-7H,3H2,1-2H3. The summed E-state index contributed by atoms with van der Waals surface area (Å²) < 4.78 is 0. The van der Waals surface area contributed by atoms with Crippen LogP contribution in [0, 0.1) is 45.3 Å². The molecule has 25 heavy (non-hydrogen) atoms. The Kier molecular flexibility index (Phi) is 3.83. The maximum atomic E-state index is 9.29. The lowest BCUT2D eigenvalue weighted by atomic mass is 9.92. The molecule has 0 fully saturated rings. The smallest absolute Gasteiger partial charge is 0.137 e. The normalized spacial score (nSPS) is 13.5. The quantitative estimate of drug-likeness (QED) is 0.711. The summed E-state index contributed by atoms with van der Waals surface area (Å²) >= 11 is 0. The molecule has 0 radical (unpaired) electrons. The number of hydrogen-bond acceptors (Lipinski definition) is 4. The van der Waals surface area contributed by atoms with E-state index in [2.05, 4.69) is 0 Å². The van der Waals surface area contributed by atoms with Crippen LogP contribution in [0.4, 0.5) is 0 Å². The van der Waals surface area contributed by atoms with Crippen LogP contribution in [-0.2, 0) is 0 Å². The van der Waals surface area contributed by atoms with E-state index in [9.17, 15) is 21.0 Å². The zero-order valence-corrected chi connectivity index (χ0v) is 13.8. The highest BCUT2D eigenvalue weighted by molar-refractivity contribution is 6.04. The van der Waals surface area contributed by atoms with E-state index in [1.165, 1.54) is 0 Å². The highest BCUT2D eigenvalue weighted by Gasteiger charge is 2.27. The van der Waals surface area contributed by atoms with Crippen molar-refractivity contribution >= 4 is 23.3 Å². The van der Waals surface area contributed by atoms with Crippen molar-refractivity contribution in [2.24, 2.45) is 0 Å². The van der Waals surface area contributed by atoms with Crippen LogP contribution in [0.1, 0.15) is 42.5 Å². The van der Waals surface area contributed by atoms with Crippen molar-refractivity contribution in [1.82, 2.24) is 0 Å². The van der Waals surface area contributed by atoms with E-state index in [1.54, 1.807) is 0 Å². The number of nitrogens with zero attached hydrogens (tertiary/aromatic N) is 4. The molecule has 0 heterocycles. The molecule has 0 bridgehead atoms. The summed E-state index contributed by atoms with van der Waals surface area (Å²) in [5.41, 5.74) is 6.87. The molecule has 0 aliphatic heterocycles. The van der Waals surface area contributed by atoms with Gasteiger partial charge in [0.15, 0.2) is 0 Å². The van der Waals surface area contributed by atoms with E-state index in [0.717, 1.165) is 33.4 Å². The average Bonchev–Trinajstić information content (AvgIpc) is 3.13. The molecule has 4 nitrogen and oxygen atoms in total. The molecule has 0 N–H and O–H groups in total. The maximum absolute atomic E-state index is 9.29. The number of fused-ring (bicyclic) bond motifs is 2. The minimum atomic E-state index is 0.0932. The Labute approximate surface area is 146 Å². The average molecular weight is 320 g/mol. The number of hydrogen-bond donors (Lipinski definition) is 0. The minimum absolute atomic E-state index is 0.0932. The van der Waals surface area contributed by atoms with Crippen molar-refractivity contribution < 1.29 is 0 Å². The highest BCUT2D eigenvalue weighted by atomic mass is 14.4. The third-order valence-electron chi connectivity index (χ3n) is 4.51. The maximum Gasteiger partial charge on any atom is 0.137 e. The van der Waals surface area contributed by atoms with Gasteiger partial charge in [0.05, 0.1) is 0 Å². The van der Waals surface area contributed by atoms with E-state index >= 15 is 0 Å². The molecular weight excluding hydrogens is 308 g/mol. The number of benzene rings is 1. The molecule has 1 aromatic rings. The number of nitriles is 4. The van der Waals surface area contributed by atoms with E-state index in [0.29, 0.717) is 17.6 Å². The second-order valence-electron chi connectivity index (χ2n) is 5.82. The molecule has 0 saturated heterocycles. The van der Waals surface area contributed by atoms with E-state index in [-0.39, 0.29) is 11.1 Å². The largest absolute Gasteiger partial charge is 0.192 e. The second kappa shape index (κ2) is 5.98. The SMILES string of the molecule is CCC1=Cc2cc3c(cc2C1=C(C#N)C#N)C=C(C)C3=C(C#N)C#N. The van der Waals surface area contributed by atoms with Crippen LogP contribution < -0.4 is 0 Å². The van der Waals surface area contributed by atoms with Crippen molar-refractivity contribution in [3.63, 3.8) is 0 Å². The van der Waals surface area contributed by atoms with E-state index in [1.807, 2.05) is 62.4 Å². The Hall–Kier alpha value is -3.86. The molecule has 2 aliphatic carbocycles. The van der Waals surface area contributed by atoms with Crippen LogP contribution >= 0.6 is 0 Å². The zero-order chi connectivity index (χ0) is 18.1. The van der Waals surface area contributed by atoms with Crippen LogP contribution in [0.25, 0.3) is 23.3 Å². The molecule has 0 spiro atoms. The van der Waals surface area contributed by atoms with E-state index in [4.69, 9.17) is 0 Å². The van der Waals surface area contributed by atoms with Crippen molar-refractivity contribution in [3.8, 4) is 24.3 Å². The van der Waals surface area contributed by atoms with Gasteiger partial charge in [-0.3, -0.25) is 0 Å². The fraction of sp³-hybridized carbons (Fsp3) is 0.143. The summed E-state index contributed by atoms with van der Waals surface area (Å²) in [7, 11) is 0. The molecule has 0 aromatic heterocycles. The Morgan fingerprint density at radius 2 is 1.28 bits per heavy atom. The Bertz CT molecular complexity index is 1080. The van der Waals surface area contributed by atoms with Gasteiger partial charge in [-0.15, -0.1) is 0 Å². The molecule has 0 atom stereocenters. The van der Waals surface area contributed by atoms with Crippen LogP contribution in [-0.4, -0.2) is 0 Å². The summed E-state index contributed by atoms with van der Waals surface area (Å²) in [6.45, 7) is 3.85. The second-order valence-corrected chi connectivity index (χ2v) is 5.82. The van der Waals surface area contributed by atoms with Gasteiger partial charge in [0.2, 0.25) is 0 Å². The summed E-state index contributed by atoms with van der Waals surface area (Å²) in [6.07, 6.45) is 4.61. The molecule has 3 rings (SSSR count). The summed E-state index contributed by atoms with van der Waals surface area (Å²) in [5, 5.41) is 37.0. The number of rotatable bonds is 1. The molecule has 116 valence electrons. The third-order valence-corrected chi connectivity index (χ3v) is 4.51. The Balaban J connectivity index is 2.34. The molecule has 0 saturated carbocycles. The number of allylic oxidation sites excluding steroid dienone is 6. The summed E-state index contributed by atoms with van der Waals surface area (Å²) in [6, 6.07) is 11.8. The molecule has 0 amide bonds. The van der Waals surface area contributed by atoms with Gasteiger partial charge in [0, 0.05) is 11.1 Å². The first-order valence-corrected chi connectivity index (χ1v) is 7.76. The fourth-order valence-electron chi connectivity index (χ4n) is 3.44. The van der Waals surface area contributed by atoms with Crippen LogP contribution in [0.5, 0.6) is 0 Å². The third kappa shape index (κ3) is 2.26. The molecule has 4 heteroatoms. The van der Waals surface area contributed by atoms with Gasteiger partial charge in [-0.25, -0.2) is 0 Å². The molecule has 1 aromatic carbocycles. The first-order valence-electron chi connectivity index (χ1n) is 7.76. The molecule has 2 aliphatic rings. The van der Waals surface area contributed by atoms with Gasteiger partial charge in [-0.1, -0.05) is 19.1 Å². The first-order chi connectivity index (χ1) is 12.1. The predicted molar refractivity (Wildman–Crippen MR) is 94.7 cm³/mol. The van der Waals surface area contributed by atoms with E-state index < -0.39 is 0 Å². The van der Waals surface area contributed by atoms with Crippen molar-refractivity contribution in [3.05, 3.63) is 56.7 Å². The Morgan fingerprint density at radius 3 is 1.80 bits per heavy atom. The molecule has 0 unspecified atom stereocenters. The van der Waals surface area contributed by atoms with Gasteiger partial charge in [-0.05, 0) is 58.9 Å². The lowest BCUT2D eigenvalue weighted by Crippen LogP contribution is -1.93. The van der Waals surface area contributed by atoms with Crippen LogP contribution in [0.3, 0.4) is 0 Å². The van der Waals surface area contributed by atoms with Gasteiger partial charge < -0.3 is 0 Å². The van der Waals surface area contributed by atoms with Gasteiger partial charge in [0.1, 0.15) is 35.4 Å². The lowest BCUT2D eigenvalue weighted by Gasteiger charge is -2.09. The predicted octanol–water partition coefficient (Wildman–Crippen LogP) is 4.51. The van der Waals surface area contributed by atoms with Crippen molar-refractivity contribution in [2.45, 2.75) is 20.3 Å². The van der Waals surface area contributed by atoms with Crippen molar-refractivity contribution in [2.75, 3.05) is 0 Å². The minimum Gasteiger partial charge on any atom is -0.192 e. The van der Waals surface area contributed by atoms with Gasteiger partial charge in [0.25, 0.3) is 0 Å². The van der Waals surface area contributed by atoms with Crippen LogP contribution in [0.2, 0.25) is 0 Å². The topological polar surface area (TPSA) is 95.2 Å². The monoisotopic (exact) mass is 320 g/mol. The first kappa shape index (κ1) is 16.0.